The molecule has 1 fully saturated rings. The molecule has 0 saturated carbocycles. The smallest absolute Gasteiger partial charge is 0.0589 e. The van der Waals surface area contributed by atoms with E-state index in [1.165, 1.54) is 13.1 Å². The number of likely N-dealkylation sites (N-methyl/N-ethyl adjacent to an activating group) is 1. The SMILES string of the molecule is COCCN1[C@@H](C)CN(C)C[C@@H]1C. The number of hydrogen-bond donors (Lipinski definition) is 0. The van der Waals surface area contributed by atoms with Crippen molar-refractivity contribution in [3.8, 4) is 0 Å². The van der Waals surface area contributed by atoms with Crippen LogP contribution in [-0.4, -0.2) is 62.3 Å². The molecule has 1 saturated heterocycles. The van der Waals surface area contributed by atoms with Gasteiger partial charge in [-0.1, -0.05) is 0 Å². The Morgan fingerprint density at radius 3 is 2.23 bits per heavy atom. The van der Waals surface area contributed by atoms with E-state index in [-0.39, 0.29) is 0 Å². The first kappa shape index (κ1) is 11.0. The van der Waals surface area contributed by atoms with Crippen molar-refractivity contribution in [3.05, 3.63) is 0 Å². The van der Waals surface area contributed by atoms with Gasteiger partial charge in [-0.15, -0.1) is 0 Å². The van der Waals surface area contributed by atoms with Crippen molar-refractivity contribution >= 4 is 0 Å². The van der Waals surface area contributed by atoms with Crippen LogP contribution in [0.15, 0.2) is 0 Å². The maximum atomic E-state index is 5.11. The van der Waals surface area contributed by atoms with Crippen LogP contribution in [0.2, 0.25) is 0 Å². The third-order valence-electron chi connectivity index (χ3n) is 2.84. The molecule has 0 aliphatic carbocycles. The Hall–Kier alpha value is -0.120. The molecular weight excluding hydrogens is 164 g/mol. The summed E-state index contributed by atoms with van der Waals surface area (Å²) in [5, 5.41) is 0. The molecule has 0 amide bonds. The van der Waals surface area contributed by atoms with Crippen LogP contribution >= 0.6 is 0 Å². The fourth-order valence-electron chi connectivity index (χ4n) is 2.26. The van der Waals surface area contributed by atoms with Crippen LogP contribution in [0.4, 0.5) is 0 Å². The first-order chi connectivity index (χ1) is 6.15. The van der Waals surface area contributed by atoms with Gasteiger partial charge in [0, 0.05) is 38.8 Å². The molecular formula is C10H22N2O. The van der Waals surface area contributed by atoms with Crippen molar-refractivity contribution in [2.75, 3.05) is 40.4 Å². The zero-order valence-corrected chi connectivity index (χ0v) is 9.29. The molecule has 0 unspecified atom stereocenters. The van der Waals surface area contributed by atoms with Crippen LogP contribution in [-0.2, 0) is 4.74 Å². The topological polar surface area (TPSA) is 15.7 Å². The Labute approximate surface area is 81.7 Å². The first-order valence-corrected chi connectivity index (χ1v) is 5.08. The van der Waals surface area contributed by atoms with E-state index < -0.39 is 0 Å². The Morgan fingerprint density at radius 1 is 1.23 bits per heavy atom. The summed E-state index contributed by atoms with van der Waals surface area (Å²) >= 11 is 0. The lowest BCUT2D eigenvalue weighted by Crippen LogP contribution is -2.56. The van der Waals surface area contributed by atoms with E-state index in [9.17, 15) is 0 Å². The Morgan fingerprint density at radius 2 is 1.77 bits per heavy atom. The van der Waals surface area contributed by atoms with Crippen LogP contribution in [0.5, 0.6) is 0 Å². The van der Waals surface area contributed by atoms with Crippen LogP contribution in [0.3, 0.4) is 0 Å². The van der Waals surface area contributed by atoms with E-state index in [2.05, 4.69) is 30.7 Å². The van der Waals surface area contributed by atoms with Gasteiger partial charge < -0.3 is 9.64 Å². The summed E-state index contributed by atoms with van der Waals surface area (Å²) in [6.07, 6.45) is 0. The number of rotatable bonds is 3. The monoisotopic (exact) mass is 186 g/mol. The maximum absolute atomic E-state index is 5.11. The standard InChI is InChI=1S/C10H22N2O/c1-9-7-11(3)8-10(2)12(9)5-6-13-4/h9-10H,5-8H2,1-4H3/t9-,10-/m0/s1. The van der Waals surface area contributed by atoms with Gasteiger partial charge in [0.05, 0.1) is 6.61 Å². The maximum Gasteiger partial charge on any atom is 0.0589 e. The largest absolute Gasteiger partial charge is 0.383 e. The first-order valence-electron chi connectivity index (χ1n) is 5.08. The lowest BCUT2D eigenvalue weighted by molar-refractivity contribution is 0.0313. The molecule has 2 atom stereocenters. The van der Waals surface area contributed by atoms with Crippen molar-refractivity contribution in [1.82, 2.24) is 9.80 Å². The Balaban J connectivity index is 2.41. The second kappa shape index (κ2) is 4.94. The van der Waals surface area contributed by atoms with Gasteiger partial charge in [-0.05, 0) is 20.9 Å². The van der Waals surface area contributed by atoms with Crippen LogP contribution in [0, 0.1) is 0 Å². The minimum Gasteiger partial charge on any atom is -0.383 e. The minimum atomic E-state index is 0.656. The minimum absolute atomic E-state index is 0.656. The molecule has 0 radical (unpaired) electrons. The molecule has 3 heteroatoms. The zero-order valence-electron chi connectivity index (χ0n) is 9.29. The average Bonchev–Trinajstić information content (AvgIpc) is 2.02. The van der Waals surface area contributed by atoms with Crippen molar-refractivity contribution in [2.24, 2.45) is 0 Å². The third-order valence-corrected chi connectivity index (χ3v) is 2.84. The van der Waals surface area contributed by atoms with Gasteiger partial charge in [0.2, 0.25) is 0 Å². The molecule has 3 nitrogen and oxygen atoms in total. The van der Waals surface area contributed by atoms with Gasteiger partial charge in [-0.25, -0.2) is 0 Å². The predicted octanol–water partition coefficient (Wildman–Crippen LogP) is 0.657. The fraction of sp³-hybridized carbons (Fsp3) is 1.00. The number of hydrogen-bond acceptors (Lipinski definition) is 3. The lowest BCUT2D eigenvalue weighted by atomic mass is 10.1. The summed E-state index contributed by atoms with van der Waals surface area (Å²) in [7, 11) is 3.96. The highest BCUT2D eigenvalue weighted by Crippen LogP contribution is 2.13. The number of piperazine rings is 1. The lowest BCUT2D eigenvalue weighted by Gasteiger charge is -2.43. The molecule has 1 aliphatic rings. The van der Waals surface area contributed by atoms with E-state index in [0.717, 1.165) is 13.2 Å². The van der Waals surface area contributed by atoms with Crippen molar-refractivity contribution < 1.29 is 4.74 Å². The molecule has 78 valence electrons. The Kier molecular flexibility index (Phi) is 4.16. The summed E-state index contributed by atoms with van der Waals surface area (Å²) in [5.74, 6) is 0. The summed E-state index contributed by atoms with van der Waals surface area (Å²) in [5.41, 5.74) is 0. The predicted molar refractivity (Wildman–Crippen MR) is 55.0 cm³/mol. The highest BCUT2D eigenvalue weighted by molar-refractivity contribution is 4.83. The molecule has 0 aromatic heterocycles. The molecule has 0 bridgehead atoms. The molecule has 1 heterocycles. The second-order valence-corrected chi connectivity index (χ2v) is 4.15. The summed E-state index contributed by atoms with van der Waals surface area (Å²) < 4.78 is 5.11. The van der Waals surface area contributed by atoms with E-state index in [1.807, 2.05) is 0 Å². The molecule has 13 heavy (non-hydrogen) atoms. The molecule has 0 N–H and O–H groups in total. The summed E-state index contributed by atoms with van der Waals surface area (Å²) in [4.78, 5) is 4.93. The van der Waals surface area contributed by atoms with Crippen LogP contribution in [0.25, 0.3) is 0 Å². The number of ether oxygens (including phenoxy) is 1. The van der Waals surface area contributed by atoms with Crippen molar-refractivity contribution in [1.29, 1.82) is 0 Å². The highest BCUT2D eigenvalue weighted by Gasteiger charge is 2.26. The highest BCUT2D eigenvalue weighted by atomic mass is 16.5. The van der Waals surface area contributed by atoms with Gasteiger partial charge in [0.15, 0.2) is 0 Å². The molecule has 0 aromatic rings. The van der Waals surface area contributed by atoms with E-state index in [0.29, 0.717) is 12.1 Å². The quantitative estimate of drug-likeness (QED) is 0.644. The van der Waals surface area contributed by atoms with Crippen LogP contribution in [0.1, 0.15) is 13.8 Å². The van der Waals surface area contributed by atoms with Gasteiger partial charge in [-0.2, -0.15) is 0 Å². The van der Waals surface area contributed by atoms with E-state index in [4.69, 9.17) is 4.74 Å². The number of nitrogens with zero attached hydrogens (tertiary/aromatic N) is 2. The van der Waals surface area contributed by atoms with Gasteiger partial charge >= 0.3 is 0 Å². The van der Waals surface area contributed by atoms with E-state index >= 15 is 0 Å². The van der Waals surface area contributed by atoms with Crippen molar-refractivity contribution in [3.63, 3.8) is 0 Å². The summed E-state index contributed by atoms with van der Waals surface area (Å²) in [6.45, 7) is 8.84. The van der Waals surface area contributed by atoms with Crippen molar-refractivity contribution in [2.45, 2.75) is 25.9 Å². The fourth-order valence-corrected chi connectivity index (χ4v) is 2.26. The zero-order chi connectivity index (χ0) is 9.84. The normalized spacial score (nSPS) is 32.3. The van der Waals surface area contributed by atoms with Crippen LogP contribution < -0.4 is 0 Å². The molecule has 1 rings (SSSR count). The molecule has 1 aliphatic heterocycles. The van der Waals surface area contributed by atoms with Gasteiger partial charge in [0.25, 0.3) is 0 Å². The van der Waals surface area contributed by atoms with E-state index in [1.54, 1.807) is 7.11 Å². The average molecular weight is 186 g/mol. The Bertz CT molecular complexity index is 140. The molecule has 0 spiro atoms. The number of methoxy groups -OCH3 is 1. The van der Waals surface area contributed by atoms with Gasteiger partial charge in [0.1, 0.15) is 0 Å². The molecule has 0 aromatic carbocycles. The third kappa shape index (κ3) is 2.93. The van der Waals surface area contributed by atoms with Gasteiger partial charge in [-0.3, -0.25) is 4.90 Å². The summed E-state index contributed by atoms with van der Waals surface area (Å²) in [6, 6.07) is 1.31. The second-order valence-electron chi connectivity index (χ2n) is 4.15.